The molecule has 0 unspecified atom stereocenters. The van der Waals surface area contributed by atoms with Crippen molar-refractivity contribution in [1.82, 2.24) is 5.32 Å². The van der Waals surface area contributed by atoms with Gasteiger partial charge in [0.05, 0.1) is 5.60 Å². The Balaban J connectivity index is 1.44. The summed E-state index contributed by atoms with van der Waals surface area (Å²) in [6, 6.07) is 8.63. The van der Waals surface area contributed by atoms with Gasteiger partial charge < -0.3 is 15.3 Å². The fraction of sp³-hybridized carbons (Fsp3) is 0.647. The van der Waals surface area contributed by atoms with E-state index in [1.54, 1.807) is 0 Å². The van der Waals surface area contributed by atoms with Gasteiger partial charge in [-0.3, -0.25) is 0 Å². The molecule has 1 aromatic carbocycles. The average molecular weight is 341 g/mol. The van der Waals surface area contributed by atoms with Gasteiger partial charge in [0, 0.05) is 36.4 Å². The number of thioether (sulfide) groups is 1. The lowest BCUT2D eigenvalue weighted by Crippen LogP contribution is -2.49. The molecular formula is C17H25ClN2OS. The van der Waals surface area contributed by atoms with Gasteiger partial charge in [-0.15, -0.1) is 0 Å². The number of hydrogen-bond donors (Lipinski definition) is 2. The molecule has 122 valence electrons. The first-order valence-corrected chi connectivity index (χ1v) is 9.72. The molecular weight excluding hydrogens is 316 g/mol. The molecule has 3 nitrogen and oxygen atoms in total. The van der Waals surface area contributed by atoms with E-state index >= 15 is 0 Å². The van der Waals surface area contributed by atoms with Gasteiger partial charge in [-0.1, -0.05) is 11.6 Å². The van der Waals surface area contributed by atoms with Crippen molar-refractivity contribution in [3.8, 4) is 0 Å². The van der Waals surface area contributed by atoms with Crippen LogP contribution in [0.15, 0.2) is 24.3 Å². The number of nitrogens with one attached hydrogen (secondary N) is 1. The van der Waals surface area contributed by atoms with Gasteiger partial charge in [-0.25, -0.2) is 0 Å². The monoisotopic (exact) mass is 340 g/mol. The fourth-order valence-corrected chi connectivity index (χ4v) is 4.63. The second kappa shape index (κ2) is 7.43. The summed E-state index contributed by atoms with van der Waals surface area (Å²) in [4.78, 5) is 2.42. The molecule has 2 heterocycles. The zero-order valence-corrected chi connectivity index (χ0v) is 14.5. The number of rotatable bonds is 4. The van der Waals surface area contributed by atoms with Crippen molar-refractivity contribution in [3.63, 3.8) is 0 Å². The van der Waals surface area contributed by atoms with Gasteiger partial charge in [0.25, 0.3) is 0 Å². The number of piperidine rings is 1. The van der Waals surface area contributed by atoms with Crippen molar-refractivity contribution in [3.05, 3.63) is 29.3 Å². The number of halogens is 1. The number of anilines is 1. The normalized spacial score (nSPS) is 22.7. The maximum Gasteiger partial charge on any atom is 0.0787 e. The summed E-state index contributed by atoms with van der Waals surface area (Å²) in [5.41, 5.74) is 0.782. The molecule has 5 heteroatoms. The highest BCUT2D eigenvalue weighted by atomic mass is 35.5. The first kappa shape index (κ1) is 16.4. The van der Waals surface area contributed by atoms with Crippen LogP contribution >= 0.6 is 23.4 Å². The van der Waals surface area contributed by atoms with E-state index in [-0.39, 0.29) is 0 Å². The lowest BCUT2D eigenvalue weighted by atomic mass is 9.95. The summed E-state index contributed by atoms with van der Waals surface area (Å²) in [7, 11) is 0. The molecule has 0 atom stereocenters. The molecule has 0 amide bonds. The quantitative estimate of drug-likeness (QED) is 0.882. The number of benzene rings is 1. The molecule has 3 rings (SSSR count). The van der Waals surface area contributed by atoms with Crippen molar-refractivity contribution in [2.75, 3.05) is 36.0 Å². The van der Waals surface area contributed by atoms with Crippen LogP contribution in [0.1, 0.15) is 25.7 Å². The van der Waals surface area contributed by atoms with Crippen molar-refractivity contribution >= 4 is 29.1 Å². The Bertz CT molecular complexity index is 468. The van der Waals surface area contributed by atoms with Gasteiger partial charge in [0.2, 0.25) is 0 Å². The molecule has 2 aliphatic heterocycles. The summed E-state index contributed by atoms with van der Waals surface area (Å²) < 4.78 is 0. The second-order valence-corrected chi connectivity index (χ2v) is 8.12. The van der Waals surface area contributed by atoms with Crippen LogP contribution < -0.4 is 10.2 Å². The van der Waals surface area contributed by atoms with Crippen LogP contribution in [0.5, 0.6) is 0 Å². The topological polar surface area (TPSA) is 35.5 Å². The molecule has 2 aliphatic rings. The van der Waals surface area contributed by atoms with Gasteiger partial charge >= 0.3 is 0 Å². The Morgan fingerprint density at radius 1 is 1.18 bits per heavy atom. The Hall–Kier alpha value is -0.420. The molecule has 0 bridgehead atoms. The van der Waals surface area contributed by atoms with Gasteiger partial charge in [0.15, 0.2) is 0 Å². The van der Waals surface area contributed by atoms with Crippen LogP contribution in [0.4, 0.5) is 5.69 Å². The van der Waals surface area contributed by atoms with E-state index < -0.39 is 5.60 Å². The van der Waals surface area contributed by atoms with E-state index in [9.17, 15) is 5.11 Å². The van der Waals surface area contributed by atoms with Crippen molar-refractivity contribution in [1.29, 1.82) is 0 Å². The largest absolute Gasteiger partial charge is 0.389 e. The van der Waals surface area contributed by atoms with Gasteiger partial charge in [0.1, 0.15) is 0 Å². The Labute approximate surface area is 142 Å². The van der Waals surface area contributed by atoms with E-state index in [1.165, 1.54) is 5.69 Å². The number of nitrogens with zero attached hydrogens (tertiary/aromatic N) is 1. The third-order valence-electron chi connectivity index (χ3n) is 4.83. The highest BCUT2D eigenvalue weighted by Gasteiger charge is 2.30. The predicted molar refractivity (Wildman–Crippen MR) is 96.2 cm³/mol. The maximum absolute atomic E-state index is 10.6. The third-order valence-corrected chi connectivity index (χ3v) is 6.07. The van der Waals surface area contributed by atoms with Crippen LogP contribution in [-0.4, -0.2) is 47.9 Å². The van der Waals surface area contributed by atoms with Crippen molar-refractivity contribution < 1.29 is 5.11 Å². The molecule has 22 heavy (non-hydrogen) atoms. The zero-order valence-electron chi connectivity index (χ0n) is 12.9. The van der Waals surface area contributed by atoms with Gasteiger partial charge in [-0.2, -0.15) is 11.8 Å². The highest BCUT2D eigenvalue weighted by Crippen LogP contribution is 2.27. The zero-order chi connectivity index (χ0) is 15.4. The Morgan fingerprint density at radius 2 is 1.82 bits per heavy atom. The minimum atomic E-state index is -0.474. The van der Waals surface area contributed by atoms with Gasteiger partial charge in [-0.05, 0) is 61.5 Å². The summed E-state index contributed by atoms with van der Waals surface area (Å²) in [6.07, 6.45) is 4.11. The molecule has 1 aromatic rings. The van der Waals surface area contributed by atoms with Crippen molar-refractivity contribution in [2.24, 2.45) is 0 Å². The third kappa shape index (κ3) is 4.31. The molecule has 0 radical (unpaired) electrons. The number of aliphatic hydroxyl groups is 1. The lowest BCUT2D eigenvalue weighted by Gasteiger charge is -2.37. The van der Waals surface area contributed by atoms with E-state index in [0.29, 0.717) is 6.04 Å². The smallest absolute Gasteiger partial charge is 0.0787 e. The molecule has 2 fully saturated rings. The van der Waals surface area contributed by atoms with Crippen LogP contribution in [0.3, 0.4) is 0 Å². The Morgan fingerprint density at radius 3 is 2.45 bits per heavy atom. The summed E-state index contributed by atoms with van der Waals surface area (Å²) in [6.45, 7) is 2.88. The second-order valence-electron chi connectivity index (χ2n) is 6.46. The van der Waals surface area contributed by atoms with E-state index in [4.69, 9.17) is 11.6 Å². The molecule has 0 spiro atoms. The molecule has 0 aliphatic carbocycles. The summed E-state index contributed by atoms with van der Waals surface area (Å²) in [5.74, 6) is 2.18. The lowest BCUT2D eigenvalue weighted by molar-refractivity contribution is 0.0288. The highest BCUT2D eigenvalue weighted by molar-refractivity contribution is 7.99. The van der Waals surface area contributed by atoms with Crippen LogP contribution in [0.25, 0.3) is 0 Å². The first-order chi connectivity index (χ1) is 10.6. The predicted octanol–water partition coefficient (Wildman–Crippen LogP) is 3.16. The summed E-state index contributed by atoms with van der Waals surface area (Å²) in [5, 5.41) is 15.0. The molecule has 0 aromatic heterocycles. The molecule has 0 saturated carbocycles. The summed E-state index contributed by atoms with van der Waals surface area (Å²) >= 11 is 7.90. The van der Waals surface area contributed by atoms with E-state index in [0.717, 1.165) is 61.8 Å². The average Bonchev–Trinajstić information content (AvgIpc) is 2.55. The fourth-order valence-electron chi connectivity index (χ4n) is 3.26. The SMILES string of the molecule is OC1(CNC2CCN(c3ccc(Cl)cc3)CC2)CCSCC1. The maximum atomic E-state index is 10.6. The van der Waals surface area contributed by atoms with Crippen LogP contribution in [0, 0.1) is 0 Å². The van der Waals surface area contributed by atoms with E-state index in [1.807, 2.05) is 23.9 Å². The minimum Gasteiger partial charge on any atom is -0.389 e. The Kier molecular flexibility index (Phi) is 5.55. The van der Waals surface area contributed by atoms with Crippen LogP contribution in [0.2, 0.25) is 5.02 Å². The molecule has 2 saturated heterocycles. The van der Waals surface area contributed by atoms with Crippen LogP contribution in [-0.2, 0) is 0 Å². The standard InChI is InChI=1S/C17H25ClN2OS/c18-14-1-3-16(4-2-14)20-9-5-15(6-10-20)19-13-17(21)7-11-22-12-8-17/h1-4,15,19,21H,5-13H2. The molecule has 2 N–H and O–H groups in total. The van der Waals surface area contributed by atoms with E-state index in [2.05, 4.69) is 22.3 Å². The van der Waals surface area contributed by atoms with Crippen molar-refractivity contribution in [2.45, 2.75) is 37.3 Å². The minimum absolute atomic E-state index is 0.474. The number of hydrogen-bond acceptors (Lipinski definition) is 4. The first-order valence-electron chi connectivity index (χ1n) is 8.19.